The molecule has 0 aliphatic carbocycles. The average molecular weight is 286 g/mol. The summed E-state index contributed by atoms with van der Waals surface area (Å²) in [6.07, 6.45) is 2.01. The second-order valence-electron chi connectivity index (χ2n) is 4.54. The lowest BCUT2D eigenvalue weighted by molar-refractivity contribution is 0.542. The average Bonchev–Trinajstić information content (AvgIpc) is 2.28. The van der Waals surface area contributed by atoms with Gasteiger partial charge in [-0.3, -0.25) is 0 Å². The first-order chi connectivity index (χ1) is 8.55. The van der Waals surface area contributed by atoms with Gasteiger partial charge in [0.05, 0.1) is 5.75 Å². The fourth-order valence-corrected chi connectivity index (χ4v) is 4.62. The Bertz CT molecular complexity index is 497. The Morgan fingerprint density at radius 3 is 2.94 bits per heavy atom. The number of rotatable bonds is 4. The predicted molar refractivity (Wildman–Crippen MR) is 77.0 cm³/mol. The van der Waals surface area contributed by atoms with Crippen molar-refractivity contribution in [1.29, 1.82) is 0 Å². The Balaban J connectivity index is 1.98. The minimum absolute atomic E-state index is 0.000787. The molecule has 0 saturated carbocycles. The van der Waals surface area contributed by atoms with Gasteiger partial charge in [-0.25, -0.2) is 13.1 Å². The van der Waals surface area contributed by atoms with Crippen molar-refractivity contribution in [2.45, 2.75) is 24.6 Å². The molecular weight excluding hydrogens is 268 g/mol. The summed E-state index contributed by atoms with van der Waals surface area (Å²) in [6, 6.07) is 7.09. The van der Waals surface area contributed by atoms with Crippen LogP contribution < -0.4 is 10.5 Å². The SMILES string of the molecule is Nc1cccc(CS(=O)(=O)NC2CCCSC2)c1. The van der Waals surface area contributed by atoms with Crippen LogP contribution in [0.4, 0.5) is 5.69 Å². The van der Waals surface area contributed by atoms with Gasteiger partial charge in [-0.1, -0.05) is 12.1 Å². The Morgan fingerprint density at radius 2 is 2.28 bits per heavy atom. The molecule has 1 aliphatic heterocycles. The molecule has 4 nitrogen and oxygen atoms in total. The van der Waals surface area contributed by atoms with Gasteiger partial charge in [0.1, 0.15) is 0 Å². The van der Waals surface area contributed by atoms with Gasteiger partial charge in [0, 0.05) is 17.5 Å². The third-order valence-electron chi connectivity index (χ3n) is 2.81. The first-order valence-corrected chi connectivity index (χ1v) is 8.78. The molecule has 3 N–H and O–H groups in total. The summed E-state index contributed by atoms with van der Waals surface area (Å²) in [4.78, 5) is 0. The van der Waals surface area contributed by atoms with E-state index in [9.17, 15) is 8.42 Å². The molecule has 1 saturated heterocycles. The topological polar surface area (TPSA) is 72.2 Å². The Kier molecular flexibility index (Phi) is 4.53. The minimum atomic E-state index is -3.27. The third-order valence-corrected chi connectivity index (χ3v) is 5.44. The van der Waals surface area contributed by atoms with E-state index >= 15 is 0 Å². The van der Waals surface area contributed by atoms with E-state index < -0.39 is 10.0 Å². The van der Waals surface area contributed by atoms with Crippen molar-refractivity contribution in [3.63, 3.8) is 0 Å². The Hall–Kier alpha value is -0.720. The molecule has 1 aliphatic rings. The number of anilines is 1. The van der Waals surface area contributed by atoms with E-state index in [2.05, 4.69) is 4.72 Å². The second kappa shape index (κ2) is 5.95. The lowest BCUT2D eigenvalue weighted by Crippen LogP contribution is -2.38. The zero-order valence-corrected chi connectivity index (χ0v) is 11.8. The van der Waals surface area contributed by atoms with Crippen molar-refractivity contribution in [2.24, 2.45) is 0 Å². The molecule has 6 heteroatoms. The van der Waals surface area contributed by atoms with Gasteiger partial charge in [-0.05, 0) is 36.3 Å². The number of hydrogen-bond donors (Lipinski definition) is 2. The summed E-state index contributed by atoms with van der Waals surface area (Å²) in [5.74, 6) is 2.00. The minimum Gasteiger partial charge on any atom is -0.399 e. The molecule has 1 aromatic carbocycles. The summed E-state index contributed by atoms with van der Waals surface area (Å²) < 4.78 is 26.8. The van der Waals surface area contributed by atoms with Crippen molar-refractivity contribution in [2.75, 3.05) is 17.2 Å². The molecule has 1 heterocycles. The first-order valence-electron chi connectivity index (χ1n) is 5.97. The van der Waals surface area contributed by atoms with E-state index in [0.717, 1.165) is 29.9 Å². The zero-order chi connectivity index (χ0) is 13.0. The van der Waals surface area contributed by atoms with Crippen LogP contribution in [0.25, 0.3) is 0 Å². The van der Waals surface area contributed by atoms with Crippen LogP contribution in [0.15, 0.2) is 24.3 Å². The molecule has 18 heavy (non-hydrogen) atoms. The van der Waals surface area contributed by atoms with Crippen molar-refractivity contribution in [3.05, 3.63) is 29.8 Å². The maximum absolute atomic E-state index is 12.0. The van der Waals surface area contributed by atoms with Gasteiger partial charge in [0.25, 0.3) is 0 Å². The summed E-state index contributed by atoms with van der Waals surface area (Å²) >= 11 is 1.81. The van der Waals surface area contributed by atoms with Gasteiger partial charge in [0.15, 0.2) is 0 Å². The van der Waals surface area contributed by atoms with Crippen LogP contribution in [0.2, 0.25) is 0 Å². The number of benzene rings is 1. The van der Waals surface area contributed by atoms with E-state index in [1.54, 1.807) is 36.0 Å². The van der Waals surface area contributed by atoms with Crippen molar-refractivity contribution >= 4 is 27.5 Å². The van der Waals surface area contributed by atoms with E-state index in [1.807, 2.05) is 0 Å². The monoisotopic (exact) mass is 286 g/mol. The summed E-state index contributed by atoms with van der Waals surface area (Å²) in [5, 5.41) is 0. The molecule has 0 spiro atoms. The van der Waals surface area contributed by atoms with E-state index in [1.165, 1.54) is 0 Å². The quantitative estimate of drug-likeness (QED) is 0.824. The number of sulfonamides is 1. The Labute approximate surface area is 112 Å². The molecule has 0 aromatic heterocycles. The lowest BCUT2D eigenvalue weighted by atomic mass is 10.2. The standard InChI is InChI=1S/C12H18N2O2S2/c13-11-4-1-3-10(7-11)9-18(15,16)14-12-5-2-6-17-8-12/h1,3-4,7,12,14H,2,5-6,8-9,13H2. The molecule has 0 amide bonds. The number of thioether (sulfide) groups is 1. The van der Waals surface area contributed by atoms with Crippen molar-refractivity contribution < 1.29 is 8.42 Å². The molecule has 1 fully saturated rings. The first kappa shape index (κ1) is 13.7. The second-order valence-corrected chi connectivity index (χ2v) is 7.44. The fraction of sp³-hybridized carbons (Fsp3) is 0.500. The summed E-state index contributed by atoms with van der Waals surface area (Å²) in [6.45, 7) is 0. The molecule has 0 radical (unpaired) electrons. The highest BCUT2D eigenvalue weighted by Gasteiger charge is 2.20. The number of nitrogens with one attached hydrogen (secondary N) is 1. The summed E-state index contributed by atoms with van der Waals surface area (Å²) in [5.41, 5.74) is 6.96. The highest BCUT2D eigenvalue weighted by Crippen LogP contribution is 2.18. The fourth-order valence-electron chi connectivity index (χ4n) is 2.03. The molecule has 2 rings (SSSR count). The van der Waals surface area contributed by atoms with Gasteiger partial charge in [-0.15, -0.1) is 0 Å². The van der Waals surface area contributed by atoms with Gasteiger partial charge in [0.2, 0.25) is 10.0 Å². The normalized spacial score (nSPS) is 20.8. The molecule has 1 unspecified atom stereocenters. The molecule has 0 bridgehead atoms. The van der Waals surface area contributed by atoms with Crippen LogP contribution in [0, 0.1) is 0 Å². The van der Waals surface area contributed by atoms with E-state index in [4.69, 9.17) is 5.73 Å². The van der Waals surface area contributed by atoms with Crippen molar-refractivity contribution in [3.8, 4) is 0 Å². The van der Waals surface area contributed by atoms with Gasteiger partial charge in [-0.2, -0.15) is 11.8 Å². The van der Waals surface area contributed by atoms with Crippen LogP contribution in [-0.2, 0) is 15.8 Å². The predicted octanol–water partition coefficient (Wildman–Crippen LogP) is 1.58. The van der Waals surface area contributed by atoms with Gasteiger partial charge < -0.3 is 5.73 Å². The zero-order valence-electron chi connectivity index (χ0n) is 10.1. The van der Waals surface area contributed by atoms with Crippen molar-refractivity contribution in [1.82, 2.24) is 4.72 Å². The third kappa shape index (κ3) is 4.19. The molecular formula is C12H18N2O2S2. The van der Waals surface area contributed by atoms with Crippen LogP contribution in [0.1, 0.15) is 18.4 Å². The number of hydrogen-bond acceptors (Lipinski definition) is 4. The number of nitrogens with two attached hydrogens (primary N) is 1. The maximum atomic E-state index is 12.0. The molecule has 1 aromatic rings. The van der Waals surface area contributed by atoms with E-state index in [0.29, 0.717) is 5.69 Å². The lowest BCUT2D eigenvalue weighted by Gasteiger charge is -2.22. The Morgan fingerprint density at radius 1 is 1.44 bits per heavy atom. The maximum Gasteiger partial charge on any atom is 0.216 e. The number of nitrogen functional groups attached to an aromatic ring is 1. The van der Waals surface area contributed by atoms with E-state index in [-0.39, 0.29) is 11.8 Å². The van der Waals surface area contributed by atoms with Crippen LogP contribution in [0.3, 0.4) is 0 Å². The van der Waals surface area contributed by atoms with Crippen LogP contribution in [0.5, 0.6) is 0 Å². The highest BCUT2D eigenvalue weighted by molar-refractivity contribution is 7.99. The van der Waals surface area contributed by atoms with Crippen LogP contribution in [-0.4, -0.2) is 26.0 Å². The summed E-state index contributed by atoms with van der Waals surface area (Å²) in [7, 11) is -3.27. The molecule has 100 valence electrons. The largest absolute Gasteiger partial charge is 0.399 e. The van der Waals surface area contributed by atoms with Crippen LogP contribution >= 0.6 is 11.8 Å². The highest BCUT2D eigenvalue weighted by atomic mass is 32.2. The molecule has 1 atom stereocenters. The smallest absolute Gasteiger partial charge is 0.216 e. The van der Waals surface area contributed by atoms with Gasteiger partial charge >= 0.3 is 0 Å².